The predicted molar refractivity (Wildman–Crippen MR) is 81.7 cm³/mol. The zero-order valence-corrected chi connectivity index (χ0v) is 12.8. The molecule has 1 amide bonds. The highest BCUT2D eigenvalue weighted by atomic mass is 35.6. The normalized spacial score (nSPS) is 12.7. The number of benzene rings is 1. The maximum Gasteiger partial charge on any atom is 0.255 e. The Balaban J connectivity index is 2.33. The van der Waals surface area contributed by atoms with Crippen LogP contribution in [-0.4, -0.2) is 19.3 Å². The van der Waals surface area contributed by atoms with Gasteiger partial charge in [-0.05, 0) is 12.1 Å². The fourth-order valence-electron chi connectivity index (χ4n) is 1.66. The summed E-state index contributed by atoms with van der Waals surface area (Å²) in [6, 6.07) is 9.60. The van der Waals surface area contributed by atoms with E-state index in [-0.39, 0.29) is 0 Å². The standard InChI is InChI=1S/C13H10Cl3N3O2/c14-13(15,16)12(19-8-17-7-6-10(19)20)18-11(21)9-4-2-1-3-5-9/h1-8,12H,(H,18,21). The molecule has 0 aliphatic heterocycles. The van der Waals surface area contributed by atoms with Gasteiger partial charge in [-0.15, -0.1) is 0 Å². The van der Waals surface area contributed by atoms with Crippen LogP contribution in [0.3, 0.4) is 0 Å². The van der Waals surface area contributed by atoms with Crippen LogP contribution in [0.4, 0.5) is 0 Å². The first-order valence-electron chi connectivity index (χ1n) is 5.84. The van der Waals surface area contributed by atoms with E-state index in [9.17, 15) is 9.59 Å². The van der Waals surface area contributed by atoms with Crippen LogP contribution in [0.5, 0.6) is 0 Å². The molecule has 1 unspecified atom stereocenters. The molecular weight excluding hydrogens is 337 g/mol. The predicted octanol–water partition coefficient (Wildman–Crippen LogP) is 2.54. The Labute approximate surface area is 135 Å². The van der Waals surface area contributed by atoms with Gasteiger partial charge in [0.25, 0.3) is 11.5 Å². The van der Waals surface area contributed by atoms with E-state index >= 15 is 0 Å². The van der Waals surface area contributed by atoms with E-state index in [1.807, 2.05) is 0 Å². The van der Waals surface area contributed by atoms with Gasteiger partial charge in [-0.2, -0.15) is 0 Å². The third-order valence-electron chi connectivity index (χ3n) is 2.64. The summed E-state index contributed by atoms with van der Waals surface area (Å²) in [5.74, 6) is -0.470. The summed E-state index contributed by atoms with van der Waals surface area (Å²) >= 11 is 17.6. The maximum absolute atomic E-state index is 12.2. The van der Waals surface area contributed by atoms with E-state index in [0.717, 1.165) is 4.57 Å². The third kappa shape index (κ3) is 3.97. The second kappa shape index (κ2) is 6.47. The molecule has 2 rings (SSSR count). The summed E-state index contributed by atoms with van der Waals surface area (Å²) in [5.41, 5.74) is -0.0663. The van der Waals surface area contributed by atoms with Crippen LogP contribution in [0.25, 0.3) is 0 Å². The number of carbonyl (C=O) groups excluding carboxylic acids is 1. The van der Waals surface area contributed by atoms with Gasteiger partial charge in [0.2, 0.25) is 3.79 Å². The minimum Gasteiger partial charge on any atom is -0.328 e. The molecule has 1 heterocycles. The molecule has 1 aromatic heterocycles. The molecule has 1 atom stereocenters. The fraction of sp³-hybridized carbons (Fsp3) is 0.154. The van der Waals surface area contributed by atoms with Gasteiger partial charge in [0.05, 0.1) is 6.33 Å². The highest BCUT2D eigenvalue weighted by Gasteiger charge is 2.36. The Bertz CT molecular complexity index is 683. The number of nitrogens with one attached hydrogen (secondary N) is 1. The highest BCUT2D eigenvalue weighted by Crippen LogP contribution is 2.36. The first-order chi connectivity index (χ1) is 9.89. The zero-order valence-electron chi connectivity index (χ0n) is 10.5. The quantitative estimate of drug-likeness (QED) is 0.869. The molecule has 0 radical (unpaired) electrons. The first kappa shape index (κ1) is 15.8. The number of aromatic nitrogens is 2. The fourth-order valence-corrected chi connectivity index (χ4v) is 2.14. The van der Waals surface area contributed by atoms with Gasteiger partial charge in [-0.3, -0.25) is 14.2 Å². The molecule has 0 saturated carbocycles. The lowest BCUT2D eigenvalue weighted by Crippen LogP contribution is -2.44. The van der Waals surface area contributed by atoms with E-state index in [0.29, 0.717) is 5.56 Å². The summed E-state index contributed by atoms with van der Waals surface area (Å²) < 4.78 is -0.870. The number of hydrogen-bond donors (Lipinski definition) is 1. The van der Waals surface area contributed by atoms with Crippen molar-refractivity contribution >= 4 is 40.7 Å². The Morgan fingerprint density at radius 1 is 1.19 bits per heavy atom. The van der Waals surface area contributed by atoms with E-state index in [1.165, 1.54) is 18.6 Å². The molecule has 0 spiro atoms. The molecule has 21 heavy (non-hydrogen) atoms. The smallest absolute Gasteiger partial charge is 0.255 e. The maximum atomic E-state index is 12.2. The molecule has 1 N–H and O–H groups in total. The summed E-state index contributed by atoms with van der Waals surface area (Å²) in [4.78, 5) is 27.8. The van der Waals surface area contributed by atoms with Gasteiger partial charge in [-0.1, -0.05) is 53.0 Å². The van der Waals surface area contributed by atoms with Crippen molar-refractivity contribution in [3.05, 3.63) is 64.8 Å². The largest absolute Gasteiger partial charge is 0.328 e. The molecule has 0 saturated heterocycles. The van der Waals surface area contributed by atoms with E-state index in [2.05, 4.69) is 10.3 Å². The summed E-state index contributed by atoms with van der Waals surface area (Å²) in [7, 11) is 0. The van der Waals surface area contributed by atoms with Crippen LogP contribution >= 0.6 is 34.8 Å². The molecule has 5 nitrogen and oxygen atoms in total. The lowest BCUT2D eigenvalue weighted by molar-refractivity contribution is 0.0919. The van der Waals surface area contributed by atoms with Crippen LogP contribution in [0, 0.1) is 0 Å². The minimum atomic E-state index is -1.92. The number of halogens is 3. The Morgan fingerprint density at radius 3 is 2.43 bits per heavy atom. The monoisotopic (exact) mass is 345 g/mol. The van der Waals surface area contributed by atoms with Crippen molar-refractivity contribution in [1.29, 1.82) is 0 Å². The van der Waals surface area contributed by atoms with Crippen molar-refractivity contribution < 1.29 is 4.79 Å². The van der Waals surface area contributed by atoms with Crippen molar-refractivity contribution in [3.8, 4) is 0 Å². The van der Waals surface area contributed by atoms with Crippen molar-refractivity contribution in [3.63, 3.8) is 0 Å². The molecule has 0 aliphatic rings. The van der Waals surface area contributed by atoms with E-state index in [1.54, 1.807) is 30.3 Å². The third-order valence-corrected chi connectivity index (χ3v) is 3.26. The lowest BCUT2D eigenvalue weighted by atomic mass is 10.2. The molecule has 2 aromatic rings. The van der Waals surface area contributed by atoms with E-state index < -0.39 is 21.4 Å². The van der Waals surface area contributed by atoms with Gasteiger partial charge in [0.15, 0.2) is 6.17 Å². The van der Waals surface area contributed by atoms with Gasteiger partial charge >= 0.3 is 0 Å². The average molecular weight is 347 g/mol. The van der Waals surface area contributed by atoms with Crippen LogP contribution in [0.15, 0.2) is 53.7 Å². The summed E-state index contributed by atoms with van der Waals surface area (Å²) in [5, 5.41) is 2.52. The molecule has 8 heteroatoms. The summed E-state index contributed by atoms with van der Waals surface area (Å²) in [6.45, 7) is 0. The average Bonchev–Trinajstić information content (AvgIpc) is 2.45. The van der Waals surface area contributed by atoms with Crippen LogP contribution < -0.4 is 10.9 Å². The Morgan fingerprint density at radius 2 is 1.86 bits per heavy atom. The Hall–Kier alpha value is -1.56. The number of amides is 1. The van der Waals surface area contributed by atoms with Gasteiger partial charge in [0, 0.05) is 17.8 Å². The molecule has 110 valence electrons. The SMILES string of the molecule is O=C(NC(n1cnccc1=O)C(Cl)(Cl)Cl)c1ccccc1. The number of carbonyl (C=O) groups is 1. The van der Waals surface area contributed by atoms with Crippen LogP contribution in [-0.2, 0) is 0 Å². The highest BCUT2D eigenvalue weighted by molar-refractivity contribution is 6.67. The minimum absolute atomic E-state index is 0.383. The summed E-state index contributed by atoms with van der Waals surface area (Å²) in [6.07, 6.45) is 1.32. The molecule has 0 fully saturated rings. The van der Waals surface area contributed by atoms with E-state index in [4.69, 9.17) is 34.8 Å². The molecule has 1 aromatic carbocycles. The van der Waals surface area contributed by atoms with Crippen LogP contribution in [0.1, 0.15) is 16.5 Å². The van der Waals surface area contributed by atoms with Gasteiger partial charge in [-0.25, -0.2) is 4.98 Å². The van der Waals surface area contributed by atoms with Crippen molar-refractivity contribution in [2.75, 3.05) is 0 Å². The zero-order chi connectivity index (χ0) is 15.5. The van der Waals surface area contributed by atoms with Crippen LogP contribution in [0.2, 0.25) is 0 Å². The number of hydrogen-bond acceptors (Lipinski definition) is 3. The van der Waals surface area contributed by atoms with Crippen molar-refractivity contribution in [2.45, 2.75) is 9.96 Å². The van der Waals surface area contributed by atoms with Crippen molar-refractivity contribution in [2.24, 2.45) is 0 Å². The number of alkyl halides is 3. The second-order valence-electron chi connectivity index (χ2n) is 4.11. The van der Waals surface area contributed by atoms with Gasteiger partial charge < -0.3 is 5.32 Å². The topological polar surface area (TPSA) is 64.0 Å². The number of rotatable bonds is 3. The first-order valence-corrected chi connectivity index (χ1v) is 6.98. The Kier molecular flexibility index (Phi) is 4.88. The second-order valence-corrected chi connectivity index (χ2v) is 6.48. The molecular formula is C13H10Cl3N3O2. The van der Waals surface area contributed by atoms with Crippen molar-refractivity contribution in [1.82, 2.24) is 14.9 Å². The lowest BCUT2D eigenvalue weighted by Gasteiger charge is -2.26. The van der Waals surface area contributed by atoms with Gasteiger partial charge in [0.1, 0.15) is 0 Å². The molecule has 0 bridgehead atoms. The molecule has 0 aliphatic carbocycles. The number of nitrogens with zero attached hydrogens (tertiary/aromatic N) is 2.